The molecule has 106 valence electrons. The summed E-state index contributed by atoms with van der Waals surface area (Å²) < 4.78 is 1.93. The number of aromatic nitrogens is 2. The van der Waals surface area contributed by atoms with Crippen molar-refractivity contribution in [2.45, 2.75) is 6.54 Å². The highest BCUT2D eigenvalue weighted by atomic mass is 15.4. The average Bonchev–Trinajstić information content (AvgIpc) is 2.97. The van der Waals surface area contributed by atoms with E-state index in [1.807, 2.05) is 29.1 Å². The molecule has 1 aromatic carbocycles. The molecule has 1 aromatic heterocycles. The molecule has 5 nitrogen and oxygen atoms in total. The number of piperazine rings is 1. The minimum absolute atomic E-state index is 0.528. The highest BCUT2D eigenvalue weighted by molar-refractivity contribution is 5.44. The molecular formula is C15H21N5. The molecule has 1 saturated heterocycles. The van der Waals surface area contributed by atoms with Gasteiger partial charge in [0, 0.05) is 45.0 Å². The van der Waals surface area contributed by atoms with Gasteiger partial charge < -0.3 is 15.5 Å². The molecule has 0 radical (unpaired) electrons. The number of nitrogens with zero attached hydrogens (tertiary/aromatic N) is 4. The molecule has 2 heterocycles. The van der Waals surface area contributed by atoms with Crippen molar-refractivity contribution < 1.29 is 0 Å². The lowest BCUT2D eigenvalue weighted by molar-refractivity contribution is 0.312. The molecule has 0 spiro atoms. The van der Waals surface area contributed by atoms with E-state index in [1.165, 1.54) is 0 Å². The first-order valence-electron chi connectivity index (χ1n) is 7.05. The quantitative estimate of drug-likeness (QED) is 0.907. The zero-order valence-electron chi connectivity index (χ0n) is 11.9. The zero-order chi connectivity index (χ0) is 13.9. The van der Waals surface area contributed by atoms with E-state index in [0.717, 1.165) is 43.2 Å². The minimum Gasteiger partial charge on any atom is -0.353 e. The molecule has 20 heavy (non-hydrogen) atoms. The van der Waals surface area contributed by atoms with Crippen molar-refractivity contribution in [2.75, 3.05) is 38.1 Å². The summed E-state index contributed by atoms with van der Waals surface area (Å²) in [6.45, 7) is 4.77. The van der Waals surface area contributed by atoms with Crippen molar-refractivity contribution >= 4 is 5.82 Å². The van der Waals surface area contributed by atoms with Crippen LogP contribution in [0.4, 0.5) is 5.82 Å². The molecule has 1 aliphatic rings. The number of likely N-dealkylation sites (N-methyl/N-ethyl adjacent to an activating group) is 1. The highest BCUT2D eigenvalue weighted by Crippen LogP contribution is 2.18. The molecule has 5 heteroatoms. The highest BCUT2D eigenvalue weighted by Gasteiger charge is 2.16. The summed E-state index contributed by atoms with van der Waals surface area (Å²) in [7, 11) is 2.16. The predicted octanol–water partition coefficient (Wildman–Crippen LogP) is 1.08. The standard InChI is InChI=1S/C15H21N5/c1-18-8-10-19(11-9-18)15-6-7-20(17-15)14-5-3-2-4-13(14)12-16/h2-7H,8-12,16H2,1H3. The van der Waals surface area contributed by atoms with Crippen LogP contribution in [-0.4, -0.2) is 47.9 Å². The summed E-state index contributed by atoms with van der Waals surface area (Å²) >= 11 is 0. The van der Waals surface area contributed by atoms with E-state index in [-0.39, 0.29) is 0 Å². The van der Waals surface area contributed by atoms with Gasteiger partial charge in [0.2, 0.25) is 0 Å². The first-order chi connectivity index (χ1) is 9.78. The Kier molecular flexibility index (Phi) is 3.71. The third-order valence-corrected chi connectivity index (χ3v) is 3.86. The Balaban J connectivity index is 1.83. The van der Waals surface area contributed by atoms with Crippen LogP contribution in [0.1, 0.15) is 5.56 Å². The van der Waals surface area contributed by atoms with E-state index in [9.17, 15) is 0 Å². The van der Waals surface area contributed by atoms with Crippen molar-refractivity contribution in [1.29, 1.82) is 0 Å². The molecule has 0 saturated carbocycles. The van der Waals surface area contributed by atoms with Crippen molar-refractivity contribution in [3.8, 4) is 5.69 Å². The second-order valence-corrected chi connectivity index (χ2v) is 5.24. The van der Waals surface area contributed by atoms with Gasteiger partial charge in [-0.05, 0) is 18.7 Å². The summed E-state index contributed by atoms with van der Waals surface area (Å²) in [5, 5.41) is 4.71. The van der Waals surface area contributed by atoms with E-state index in [1.54, 1.807) is 0 Å². The Hall–Kier alpha value is -1.85. The maximum absolute atomic E-state index is 5.80. The maximum Gasteiger partial charge on any atom is 0.151 e. The van der Waals surface area contributed by atoms with Crippen molar-refractivity contribution in [1.82, 2.24) is 14.7 Å². The molecular weight excluding hydrogens is 250 g/mol. The molecule has 1 fully saturated rings. The van der Waals surface area contributed by atoms with Gasteiger partial charge in [-0.3, -0.25) is 0 Å². The molecule has 3 rings (SSSR count). The Morgan fingerprint density at radius 2 is 1.85 bits per heavy atom. The van der Waals surface area contributed by atoms with E-state index in [0.29, 0.717) is 6.54 Å². The first kappa shape index (κ1) is 13.1. The zero-order valence-corrected chi connectivity index (χ0v) is 11.9. The van der Waals surface area contributed by atoms with Crippen LogP contribution in [0.5, 0.6) is 0 Å². The normalized spacial score (nSPS) is 16.6. The van der Waals surface area contributed by atoms with Gasteiger partial charge in [-0.25, -0.2) is 4.68 Å². The van der Waals surface area contributed by atoms with E-state index >= 15 is 0 Å². The Labute approximate surface area is 119 Å². The number of hydrogen-bond acceptors (Lipinski definition) is 4. The van der Waals surface area contributed by atoms with E-state index < -0.39 is 0 Å². The maximum atomic E-state index is 5.80. The molecule has 2 aromatic rings. The number of rotatable bonds is 3. The molecule has 0 bridgehead atoms. The summed E-state index contributed by atoms with van der Waals surface area (Å²) in [6.07, 6.45) is 2.02. The molecule has 0 amide bonds. The number of anilines is 1. The Bertz CT molecular complexity index is 569. The van der Waals surface area contributed by atoms with Gasteiger partial charge in [0.05, 0.1) is 5.69 Å². The molecule has 1 aliphatic heterocycles. The van der Waals surface area contributed by atoms with Crippen molar-refractivity contribution in [2.24, 2.45) is 5.73 Å². The van der Waals surface area contributed by atoms with Crippen molar-refractivity contribution in [3.63, 3.8) is 0 Å². The van der Waals surface area contributed by atoms with Crippen LogP contribution in [0.3, 0.4) is 0 Å². The molecule has 2 N–H and O–H groups in total. The lowest BCUT2D eigenvalue weighted by Crippen LogP contribution is -2.44. The lowest BCUT2D eigenvalue weighted by atomic mass is 10.2. The first-order valence-corrected chi connectivity index (χ1v) is 7.05. The number of hydrogen-bond donors (Lipinski definition) is 1. The van der Waals surface area contributed by atoms with Crippen LogP contribution in [-0.2, 0) is 6.54 Å². The SMILES string of the molecule is CN1CCN(c2ccn(-c3ccccc3CN)n2)CC1. The van der Waals surface area contributed by atoms with E-state index in [4.69, 9.17) is 10.8 Å². The van der Waals surface area contributed by atoms with Gasteiger partial charge in [-0.1, -0.05) is 18.2 Å². The monoisotopic (exact) mass is 271 g/mol. The topological polar surface area (TPSA) is 50.3 Å². The smallest absolute Gasteiger partial charge is 0.151 e. The fourth-order valence-electron chi connectivity index (χ4n) is 2.56. The predicted molar refractivity (Wildman–Crippen MR) is 81.2 cm³/mol. The fraction of sp³-hybridized carbons (Fsp3) is 0.400. The number of benzene rings is 1. The lowest BCUT2D eigenvalue weighted by Gasteiger charge is -2.32. The van der Waals surface area contributed by atoms with Gasteiger partial charge in [0.1, 0.15) is 0 Å². The van der Waals surface area contributed by atoms with Gasteiger partial charge in [0.15, 0.2) is 5.82 Å². The largest absolute Gasteiger partial charge is 0.353 e. The number of para-hydroxylation sites is 1. The van der Waals surface area contributed by atoms with Gasteiger partial charge >= 0.3 is 0 Å². The molecule has 0 aliphatic carbocycles. The summed E-state index contributed by atoms with van der Waals surface area (Å²) in [4.78, 5) is 4.68. The second kappa shape index (κ2) is 5.64. The average molecular weight is 271 g/mol. The van der Waals surface area contributed by atoms with Crippen molar-refractivity contribution in [3.05, 3.63) is 42.1 Å². The van der Waals surface area contributed by atoms with Crippen LogP contribution in [0.25, 0.3) is 5.69 Å². The van der Waals surface area contributed by atoms with Gasteiger partial charge in [0.25, 0.3) is 0 Å². The molecule has 0 atom stereocenters. The number of nitrogens with two attached hydrogens (primary N) is 1. The second-order valence-electron chi connectivity index (χ2n) is 5.24. The Morgan fingerprint density at radius 3 is 2.60 bits per heavy atom. The van der Waals surface area contributed by atoms with Crippen LogP contribution in [0.15, 0.2) is 36.5 Å². The van der Waals surface area contributed by atoms with Crippen LogP contribution in [0.2, 0.25) is 0 Å². The third kappa shape index (κ3) is 2.55. The fourth-order valence-corrected chi connectivity index (χ4v) is 2.56. The van der Waals surface area contributed by atoms with Crippen LogP contribution < -0.4 is 10.6 Å². The third-order valence-electron chi connectivity index (χ3n) is 3.86. The van der Waals surface area contributed by atoms with E-state index in [2.05, 4.69) is 29.0 Å². The molecule has 0 unspecified atom stereocenters. The summed E-state index contributed by atoms with van der Waals surface area (Å²) in [5.74, 6) is 1.05. The summed E-state index contributed by atoms with van der Waals surface area (Å²) in [6, 6.07) is 10.2. The van der Waals surface area contributed by atoms with Crippen LogP contribution >= 0.6 is 0 Å². The van der Waals surface area contributed by atoms with Gasteiger partial charge in [-0.15, -0.1) is 0 Å². The summed E-state index contributed by atoms with van der Waals surface area (Å²) in [5.41, 5.74) is 7.97. The van der Waals surface area contributed by atoms with Crippen LogP contribution in [0, 0.1) is 0 Å². The minimum atomic E-state index is 0.528. The van der Waals surface area contributed by atoms with Gasteiger partial charge in [-0.2, -0.15) is 5.10 Å². The Morgan fingerprint density at radius 1 is 1.10 bits per heavy atom.